The number of benzene rings is 2. The van der Waals surface area contributed by atoms with Gasteiger partial charge in [0.2, 0.25) is 5.91 Å². The van der Waals surface area contributed by atoms with Crippen LogP contribution in [-0.2, 0) is 11.3 Å². The fourth-order valence-corrected chi connectivity index (χ4v) is 3.65. The molecule has 0 aromatic heterocycles. The Bertz CT molecular complexity index is 902. The minimum Gasteiger partial charge on any atom is -0.368 e. The molecular formula is C21H24ClFN4O3. The number of anilines is 1. The Labute approximate surface area is 179 Å². The molecule has 2 aromatic rings. The molecule has 1 heterocycles. The molecule has 0 spiro atoms. The number of nitro benzene ring substituents is 1. The Morgan fingerprint density at radius 1 is 1.17 bits per heavy atom. The average molecular weight is 435 g/mol. The molecule has 1 aliphatic heterocycles. The quantitative estimate of drug-likeness (QED) is 0.492. The molecule has 3 rings (SSSR count). The summed E-state index contributed by atoms with van der Waals surface area (Å²) in [5.41, 5.74) is 1.61. The number of non-ortho nitro benzene ring substituents is 1. The van der Waals surface area contributed by atoms with Crippen molar-refractivity contribution in [1.29, 1.82) is 0 Å². The lowest BCUT2D eigenvalue weighted by atomic mass is 10.2. The second kappa shape index (κ2) is 9.86. The van der Waals surface area contributed by atoms with Gasteiger partial charge in [-0.05, 0) is 42.9 Å². The van der Waals surface area contributed by atoms with Crippen LogP contribution in [0.25, 0.3) is 0 Å². The highest BCUT2D eigenvalue weighted by molar-refractivity contribution is 6.31. The standard InChI is InChI=1S/C21H24ClFN4O3/c1-24(15-16-14-19(27(29)30)6-7-20(16)22)9-8-21(28)26-12-10-25(11-13-26)18-4-2-17(23)3-5-18/h2-7,14H,8-13,15H2,1H3. The maximum absolute atomic E-state index is 13.1. The maximum Gasteiger partial charge on any atom is 0.269 e. The number of hydrogen-bond acceptors (Lipinski definition) is 5. The molecule has 2 aromatic carbocycles. The van der Waals surface area contributed by atoms with E-state index in [1.807, 2.05) is 16.8 Å². The van der Waals surface area contributed by atoms with Gasteiger partial charge in [0.25, 0.3) is 5.69 Å². The normalized spacial score (nSPS) is 14.3. The van der Waals surface area contributed by atoms with Crippen LogP contribution < -0.4 is 4.90 Å². The average Bonchev–Trinajstić information content (AvgIpc) is 2.74. The van der Waals surface area contributed by atoms with E-state index in [-0.39, 0.29) is 17.4 Å². The molecule has 0 saturated carbocycles. The first-order valence-electron chi connectivity index (χ1n) is 9.73. The molecule has 7 nitrogen and oxygen atoms in total. The molecule has 0 aliphatic carbocycles. The van der Waals surface area contributed by atoms with Crippen molar-refractivity contribution in [3.63, 3.8) is 0 Å². The first-order valence-corrected chi connectivity index (χ1v) is 10.1. The van der Waals surface area contributed by atoms with Crippen LogP contribution in [0.5, 0.6) is 0 Å². The zero-order chi connectivity index (χ0) is 21.7. The van der Waals surface area contributed by atoms with Crippen molar-refractivity contribution in [2.45, 2.75) is 13.0 Å². The molecule has 0 N–H and O–H groups in total. The topological polar surface area (TPSA) is 69.9 Å². The van der Waals surface area contributed by atoms with E-state index in [0.29, 0.717) is 56.3 Å². The monoisotopic (exact) mass is 434 g/mol. The zero-order valence-corrected chi connectivity index (χ0v) is 17.5. The molecule has 1 fully saturated rings. The van der Waals surface area contributed by atoms with E-state index in [0.717, 1.165) is 5.69 Å². The minimum absolute atomic E-state index is 0.00194. The third-order valence-corrected chi connectivity index (χ3v) is 5.58. The molecule has 0 unspecified atom stereocenters. The molecule has 0 radical (unpaired) electrons. The van der Waals surface area contributed by atoms with Crippen molar-refractivity contribution >= 4 is 28.9 Å². The highest BCUT2D eigenvalue weighted by Gasteiger charge is 2.21. The lowest BCUT2D eigenvalue weighted by Gasteiger charge is -2.36. The summed E-state index contributed by atoms with van der Waals surface area (Å²) in [6, 6.07) is 10.7. The Balaban J connectivity index is 1.46. The summed E-state index contributed by atoms with van der Waals surface area (Å²) < 4.78 is 13.1. The number of piperazine rings is 1. The Kier molecular flexibility index (Phi) is 7.23. The second-order valence-electron chi connectivity index (χ2n) is 7.36. The van der Waals surface area contributed by atoms with Crippen molar-refractivity contribution in [3.05, 3.63) is 69.0 Å². The van der Waals surface area contributed by atoms with E-state index in [4.69, 9.17) is 11.6 Å². The molecule has 1 aliphatic rings. The predicted octanol–water partition coefficient (Wildman–Crippen LogP) is 3.56. The number of carbonyl (C=O) groups is 1. The molecular weight excluding hydrogens is 411 g/mol. The van der Waals surface area contributed by atoms with Crippen LogP contribution in [0.3, 0.4) is 0 Å². The number of nitro groups is 1. The van der Waals surface area contributed by atoms with Crippen LogP contribution in [0.1, 0.15) is 12.0 Å². The van der Waals surface area contributed by atoms with E-state index in [9.17, 15) is 19.3 Å². The van der Waals surface area contributed by atoms with Gasteiger partial charge < -0.3 is 14.7 Å². The van der Waals surface area contributed by atoms with Crippen LogP contribution in [0.15, 0.2) is 42.5 Å². The SMILES string of the molecule is CN(CCC(=O)N1CCN(c2ccc(F)cc2)CC1)Cc1cc([N+](=O)[O-])ccc1Cl. The molecule has 30 heavy (non-hydrogen) atoms. The summed E-state index contributed by atoms with van der Waals surface area (Å²) in [5.74, 6) is -0.186. The highest BCUT2D eigenvalue weighted by atomic mass is 35.5. The third kappa shape index (κ3) is 5.67. The predicted molar refractivity (Wildman–Crippen MR) is 114 cm³/mol. The van der Waals surface area contributed by atoms with E-state index in [1.165, 1.54) is 30.3 Å². The van der Waals surface area contributed by atoms with Gasteiger partial charge in [-0.15, -0.1) is 0 Å². The van der Waals surface area contributed by atoms with Gasteiger partial charge in [0.05, 0.1) is 4.92 Å². The fraction of sp³-hybridized carbons (Fsp3) is 0.381. The minimum atomic E-state index is -0.449. The van der Waals surface area contributed by atoms with Crippen LogP contribution >= 0.6 is 11.6 Å². The van der Waals surface area contributed by atoms with Gasteiger partial charge in [-0.1, -0.05) is 11.6 Å². The summed E-state index contributed by atoms with van der Waals surface area (Å²) in [6.07, 6.45) is 0.361. The lowest BCUT2D eigenvalue weighted by Crippen LogP contribution is -2.49. The van der Waals surface area contributed by atoms with E-state index in [1.54, 1.807) is 12.1 Å². The van der Waals surface area contributed by atoms with Crippen molar-refractivity contribution in [1.82, 2.24) is 9.80 Å². The Morgan fingerprint density at radius 2 is 1.83 bits per heavy atom. The van der Waals surface area contributed by atoms with E-state index in [2.05, 4.69) is 4.90 Å². The first-order chi connectivity index (χ1) is 14.3. The second-order valence-corrected chi connectivity index (χ2v) is 7.77. The van der Waals surface area contributed by atoms with Gasteiger partial charge >= 0.3 is 0 Å². The summed E-state index contributed by atoms with van der Waals surface area (Å²) in [7, 11) is 1.86. The van der Waals surface area contributed by atoms with Crippen LogP contribution in [-0.4, -0.2) is 60.4 Å². The molecule has 0 bridgehead atoms. The van der Waals surface area contributed by atoms with Crippen molar-refractivity contribution in [3.8, 4) is 0 Å². The summed E-state index contributed by atoms with van der Waals surface area (Å²) in [5, 5.41) is 11.4. The summed E-state index contributed by atoms with van der Waals surface area (Å²) in [6.45, 7) is 3.60. The molecule has 0 atom stereocenters. The number of halogens is 2. The van der Waals surface area contributed by atoms with Crippen LogP contribution in [0.2, 0.25) is 5.02 Å². The summed E-state index contributed by atoms with van der Waals surface area (Å²) in [4.78, 5) is 29.0. The number of hydrogen-bond donors (Lipinski definition) is 0. The summed E-state index contributed by atoms with van der Waals surface area (Å²) >= 11 is 6.15. The van der Waals surface area contributed by atoms with Gasteiger partial charge in [0.15, 0.2) is 0 Å². The molecule has 160 valence electrons. The van der Waals surface area contributed by atoms with Gasteiger partial charge in [0, 0.05) is 68.5 Å². The molecule has 9 heteroatoms. The number of rotatable bonds is 7. The van der Waals surface area contributed by atoms with Gasteiger partial charge in [-0.2, -0.15) is 0 Å². The fourth-order valence-electron chi connectivity index (χ4n) is 3.48. The maximum atomic E-state index is 13.1. The largest absolute Gasteiger partial charge is 0.368 e. The zero-order valence-electron chi connectivity index (χ0n) is 16.8. The van der Waals surface area contributed by atoms with Crippen molar-refractivity contribution < 1.29 is 14.1 Å². The molecule has 1 amide bonds. The van der Waals surface area contributed by atoms with Crippen LogP contribution in [0.4, 0.5) is 15.8 Å². The number of nitrogens with zero attached hydrogens (tertiary/aromatic N) is 4. The van der Waals surface area contributed by atoms with Gasteiger partial charge in [0.1, 0.15) is 5.82 Å². The number of amides is 1. The third-order valence-electron chi connectivity index (χ3n) is 5.21. The lowest BCUT2D eigenvalue weighted by molar-refractivity contribution is -0.384. The molecule has 1 saturated heterocycles. The van der Waals surface area contributed by atoms with Gasteiger partial charge in [-0.3, -0.25) is 14.9 Å². The van der Waals surface area contributed by atoms with Crippen LogP contribution in [0, 0.1) is 15.9 Å². The van der Waals surface area contributed by atoms with E-state index >= 15 is 0 Å². The van der Waals surface area contributed by atoms with Crippen molar-refractivity contribution in [2.24, 2.45) is 0 Å². The Hall–Kier alpha value is -2.71. The first kappa shape index (κ1) is 22.0. The van der Waals surface area contributed by atoms with Gasteiger partial charge in [-0.25, -0.2) is 4.39 Å². The number of carbonyl (C=O) groups excluding carboxylic acids is 1. The highest BCUT2D eigenvalue weighted by Crippen LogP contribution is 2.23. The van der Waals surface area contributed by atoms with E-state index < -0.39 is 4.92 Å². The Morgan fingerprint density at radius 3 is 2.47 bits per heavy atom. The van der Waals surface area contributed by atoms with Crippen molar-refractivity contribution in [2.75, 3.05) is 44.7 Å². The smallest absolute Gasteiger partial charge is 0.269 e.